The minimum Gasteiger partial charge on any atom is -0.339 e. The van der Waals surface area contributed by atoms with E-state index in [2.05, 4.69) is 10.2 Å². The van der Waals surface area contributed by atoms with Gasteiger partial charge in [0.2, 0.25) is 5.91 Å². The van der Waals surface area contributed by atoms with Gasteiger partial charge in [0.05, 0.1) is 0 Å². The second-order valence-electron chi connectivity index (χ2n) is 5.03. The van der Waals surface area contributed by atoms with E-state index in [9.17, 15) is 4.79 Å². The number of carbonyl (C=O) groups is 1. The minimum absolute atomic E-state index is 0.415. The van der Waals surface area contributed by atoms with Crippen LogP contribution in [0.25, 0.3) is 0 Å². The summed E-state index contributed by atoms with van der Waals surface area (Å²) >= 11 is 0. The van der Waals surface area contributed by atoms with Gasteiger partial charge in [0, 0.05) is 19.0 Å². The molecule has 14 heavy (non-hydrogen) atoms. The Labute approximate surface area is 84.8 Å². The van der Waals surface area contributed by atoms with Crippen LogP contribution in [0.2, 0.25) is 0 Å². The maximum absolute atomic E-state index is 11.8. The van der Waals surface area contributed by atoms with Crippen molar-refractivity contribution in [2.24, 2.45) is 11.8 Å². The smallest absolute Gasteiger partial charge is 0.222 e. The van der Waals surface area contributed by atoms with Crippen LogP contribution < -0.4 is 5.32 Å². The maximum atomic E-state index is 11.8. The highest BCUT2D eigenvalue weighted by Gasteiger charge is 2.41. The normalized spacial score (nSPS) is 42.1. The predicted octanol–water partition coefficient (Wildman–Crippen LogP) is 0.607. The molecule has 3 heterocycles. The Kier molecular flexibility index (Phi) is 2.01. The number of hydrogen-bond donors (Lipinski definition) is 1. The number of amides is 1. The molecule has 0 spiro atoms. The van der Waals surface area contributed by atoms with Gasteiger partial charge in [-0.2, -0.15) is 0 Å². The topological polar surface area (TPSA) is 32.3 Å². The molecular weight excluding hydrogens is 176 g/mol. The highest BCUT2D eigenvalue weighted by atomic mass is 16.2. The zero-order chi connectivity index (χ0) is 9.54. The third-order valence-electron chi connectivity index (χ3n) is 4.09. The van der Waals surface area contributed by atoms with Crippen molar-refractivity contribution in [1.82, 2.24) is 10.2 Å². The first-order valence-electron chi connectivity index (χ1n) is 5.85. The summed E-state index contributed by atoms with van der Waals surface area (Å²) in [7, 11) is 0. The number of nitrogens with one attached hydrogen (secondary N) is 1. The molecule has 0 aromatic carbocycles. The molecule has 2 bridgehead atoms. The summed E-state index contributed by atoms with van der Waals surface area (Å²) in [6.07, 6.45) is 4.50. The Morgan fingerprint density at radius 2 is 2.29 bits per heavy atom. The monoisotopic (exact) mass is 194 g/mol. The summed E-state index contributed by atoms with van der Waals surface area (Å²) in [5.41, 5.74) is 0. The third-order valence-corrected chi connectivity index (χ3v) is 4.09. The summed E-state index contributed by atoms with van der Waals surface area (Å²) in [5.74, 6) is 1.89. The molecule has 1 amide bonds. The molecule has 0 radical (unpaired) electrons. The van der Waals surface area contributed by atoms with Gasteiger partial charge in [0.1, 0.15) is 0 Å². The van der Waals surface area contributed by atoms with Crippen LogP contribution in [0.4, 0.5) is 0 Å². The van der Waals surface area contributed by atoms with E-state index in [4.69, 9.17) is 0 Å². The van der Waals surface area contributed by atoms with Gasteiger partial charge in [-0.25, -0.2) is 0 Å². The first-order valence-corrected chi connectivity index (χ1v) is 5.85. The standard InChI is InChI=1S/C11H18N2O/c14-11-3-1-2-10-9-4-8(5-12-6-9)7-13(10)11/h8-10,12H,1-7H2/t8-,9-,10?/m0/s1. The lowest BCUT2D eigenvalue weighted by Crippen LogP contribution is -2.59. The van der Waals surface area contributed by atoms with Gasteiger partial charge in [0.15, 0.2) is 0 Å². The second kappa shape index (κ2) is 3.23. The molecule has 1 N–H and O–H groups in total. The number of piperidine rings is 3. The third kappa shape index (κ3) is 1.26. The summed E-state index contributed by atoms with van der Waals surface area (Å²) in [5, 5.41) is 3.50. The van der Waals surface area contributed by atoms with Gasteiger partial charge in [-0.15, -0.1) is 0 Å². The molecule has 3 atom stereocenters. The van der Waals surface area contributed by atoms with E-state index >= 15 is 0 Å². The second-order valence-corrected chi connectivity index (χ2v) is 5.03. The van der Waals surface area contributed by atoms with Crippen LogP contribution >= 0.6 is 0 Å². The van der Waals surface area contributed by atoms with E-state index in [0.29, 0.717) is 11.9 Å². The summed E-state index contributed by atoms with van der Waals surface area (Å²) < 4.78 is 0. The molecule has 3 nitrogen and oxygen atoms in total. The molecule has 0 aromatic rings. The quantitative estimate of drug-likeness (QED) is 0.612. The van der Waals surface area contributed by atoms with Crippen LogP contribution in [0, 0.1) is 11.8 Å². The van der Waals surface area contributed by atoms with Gasteiger partial charge in [-0.3, -0.25) is 4.79 Å². The zero-order valence-corrected chi connectivity index (χ0v) is 8.54. The number of rotatable bonds is 0. The van der Waals surface area contributed by atoms with Gasteiger partial charge >= 0.3 is 0 Å². The highest BCUT2D eigenvalue weighted by molar-refractivity contribution is 5.77. The molecule has 1 unspecified atom stereocenters. The molecule has 3 rings (SSSR count). The van der Waals surface area contributed by atoms with Crippen molar-refractivity contribution in [3.63, 3.8) is 0 Å². The lowest BCUT2D eigenvalue weighted by atomic mass is 9.77. The Bertz CT molecular complexity index is 254. The fourth-order valence-electron chi connectivity index (χ4n) is 3.45. The van der Waals surface area contributed by atoms with Crippen molar-refractivity contribution in [2.45, 2.75) is 31.7 Å². The SMILES string of the molecule is O=C1CCCC2[C@@H]3CNC[C@H](C3)CN12. The van der Waals surface area contributed by atoms with Crippen LogP contribution in [-0.4, -0.2) is 36.5 Å². The van der Waals surface area contributed by atoms with Gasteiger partial charge in [-0.1, -0.05) is 0 Å². The average Bonchev–Trinajstić information content (AvgIpc) is 2.20. The van der Waals surface area contributed by atoms with Crippen LogP contribution in [0.15, 0.2) is 0 Å². The summed E-state index contributed by atoms with van der Waals surface area (Å²) in [6.45, 7) is 3.27. The first kappa shape index (κ1) is 8.72. The van der Waals surface area contributed by atoms with Crippen molar-refractivity contribution < 1.29 is 4.79 Å². The van der Waals surface area contributed by atoms with Crippen molar-refractivity contribution in [3.8, 4) is 0 Å². The lowest BCUT2D eigenvalue weighted by Gasteiger charge is -2.49. The van der Waals surface area contributed by atoms with E-state index in [0.717, 1.165) is 44.3 Å². The molecule has 0 aliphatic carbocycles. The highest BCUT2D eigenvalue weighted by Crippen LogP contribution is 2.35. The van der Waals surface area contributed by atoms with Crippen molar-refractivity contribution in [1.29, 1.82) is 0 Å². The van der Waals surface area contributed by atoms with Crippen LogP contribution in [-0.2, 0) is 4.79 Å². The van der Waals surface area contributed by atoms with Crippen LogP contribution in [0.1, 0.15) is 25.7 Å². The van der Waals surface area contributed by atoms with Gasteiger partial charge < -0.3 is 10.2 Å². The maximum Gasteiger partial charge on any atom is 0.222 e. The molecule has 3 saturated heterocycles. The lowest BCUT2D eigenvalue weighted by molar-refractivity contribution is -0.142. The largest absolute Gasteiger partial charge is 0.339 e. The van der Waals surface area contributed by atoms with Gasteiger partial charge in [-0.05, 0) is 44.2 Å². The number of hydrogen-bond acceptors (Lipinski definition) is 2. The Morgan fingerprint density at radius 3 is 3.21 bits per heavy atom. The fraction of sp³-hybridized carbons (Fsp3) is 0.909. The van der Waals surface area contributed by atoms with Crippen molar-refractivity contribution in [2.75, 3.05) is 19.6 Å². The molecule has 0 aromatic heterocycles. The summed E-state index contributed by atoms with van der Waals surface area (Å²) in [6, 6.07) is 0.570. The fourth-order valence-corrected chi connectivity index (χ4v) is 3.45. The van der Waals surface area contributed by atoms with E-state index in [1.54, 1.807) is 0 Å². The average molecular weight is 194 g/mol. The van der Waals surface area contributed by atoms with Crippen LogP contribution in [0.3, 0.4) is 0 Å². The molecule has 3 heteroatoms. The van der Waals surface area contributed by atoms with Crippen LogP contribution in [0.5, 0.6) is 0 Å². The molecule has 3 aliphatic rings. The molecular formula is C11H18N2O. The number of fused-ring (bicyclic) bond motifs is 4. The number of carbonyl (C=O) groups excluding carboxylic acids is 1. The summed E-state index contributed by atoms with van der Waals surface area (Å²) in [4.78, 5) is 13.9. The molecule has 0 saturated carbocycles. The molecule has 78 valence electrons. The number of nitrogens with zero attached hydrogens (tertiary/aromatic N) is 1. The zero-order valence-electron chi connectivity index (χ0n) is 8.54. The van der Waals surface area contributed by atoms with Crippen molar-refractivity contribution >= 4 is 5.91 Å². The first-order chi connectivity index (χ1) is 6.84. The Balaban J connectivity index is 1.83. The van der Waals surface area contributed by atoms with E-state index in [-0.39, 0.29) is 0 Å². The van der Waals surface area contributed by atoms with Gasteiger partial charge in [0.25, 0.3) is 0 Å². The molecule has 3 aliphatic heterocycles. The molecule has 3 fully saturated rings. The van der Waals surface area contributed by atoms with Crippen molar-refractivity contribution in [3.05, 3.63) is 0 Å². The minimum atomic E-state index is 0.415. The van der Waals surface area contributed by atoms with E-state index in [1.165, 1.54) is 12.8 Å². The van der Waals surface area contributed by atoms with E-state index in [1.807, 2.05) is 0 Å². The van der Waals surface area contributed by atoms with E-state index < -0.39 is 0 Å². The predicted molar refractivity (Wildman–Crippen MR) is 53.8 cm³/mol. The Morgan fingerprint density at radius 1 is 1.36 bits per heavy atom. The Hall–Kier alpha value is -0.570.